The number of hydrogen-bond donors (Lipinski definition) is 0. The minimum absolute atomic E-state index is 0.0389. The molecule has 1 amide bonds. The summed E-state index contributed by atoms with van der Waals surface area (Å²) in [6.45, 7) is 1.66. The molecule has 0 spiro atoms. The van der Waals surface area contributed by atoms with Crippen LogP contribution in [-0.2, 0) is 20.9 Å². The fourth-order valence-electron chi connectivity index (χ4n) is 2.62. The maximum absolute atomic E-state index is 12.3. The van der Waals surface area contributed by atoms with Gasteiger partial charge in [-0.05, 0) is 41.8 Å². The van der Waals surface area contributed by atoms with Crippen LogP contribution in [0.25, 0.3) is 0 Å². The van der Waals surface area contributed by atoms with Crippen molar-refractivity contribution in [1.29, 1.82) is 0 Å². The molecule has 1 atom stereocenters. The van der Waals surface area contributed by atoms with E-state index in [9.17, 15) is 9.59 Å². The monoisotopic (exact) mass is 310 g/mol. The summed E-state index contributed by atoms with van der Waals surface area (Å²) in [5, 5.41) is 4.05. The number of thiophene rings is 1. The van der Waals surface area contributed by atoms with Gasteiger partial charge in [-0.2, -0.15) is 11.3 Å². The molecule has 1 aromatic heterocycles. The molecule has 1 aliphatic rings. The second-order valence-electron chi connectivity index (χ2n) is 5.39. The Labute approximate surface area is 129 Å². The molecule has 21 heavy (non-hydrogen) atoms. The van der Waals surface area contributed by atoms with Gasteiger partial charge >= 0.3 is 5.97 Å². The van der Waals surface area contributed by atoms with E-state index in [1.165, 1.54) is 7.11 Å². The van der Waals surface area contributed by atoms with Crippen molar-refractivity contribution in [2.45, 2.75) is 31.8 Å². The molecule has 0 bridgehead atoms. The topological polar surface area (TPSA) is 49.9 Å². The number of hydrogen-bond acceptors (Lipinski definition) is 5. The maximum atomic E-state index is 12.3. The fraction of sp³-hybridized carbons (Fsp3) is 0.600. The van der Waals surface area contributed by atoms with Gasteiger partial charge in [0.05, 0.1) is 13.7 Å². The highest BCUT2D eigenvalue weighted by Crippen LogP contribution is 2.18. The van der Waals surface area contributed by atoms with Crippen LogP contribution in [0.2, 0.25) is 0 Å². The van der Waals surface area contributed by atoms with Gasteiger partial charge in [0, 0.05) is 13.6 Å². The van der Waals surface area contributed by atoms with Crippen LogP contribution in [0.5, 0.6) is 0 Å². The van der Waals surface area contributed by atoms with Crippen molar-refractivity contribution in [3.05, 3.63) is 22.4 Å². The lowest BCUT2D eigenvalue weighted by Gasteiger charge is -2.34. The predicted octanol–water partition coefficient (Wildman–Crippen LogP) is 1.73. The van der Waals surface area contributed by atoms with Crippen molar-refractivity contribution >= 4 is 23.2 Å². The van der Waals surface area contributed by atoms with Gasteiger partial charge < -0.3 is 9.64 Å². The van der Waals surface area contributed by atoms with Crippen molar-refractivity contribution in [3.8, 4) is 0 Å². The normalized spacial score (nSPS) is 19.2. The smallest absolute Gasteiger partial charge is 0.323 e. The average Bonchev–Trinajstić information content (AvgIpc) is 2.99. The summed E-state index contributed by atoms with van der Waals surface area (Å²) >= 11 is 1.63. The quantitative estimate of drug-likeness (QED) is 0.777. The second-order valence-corrected chi connectivity index (χ2v) is 6.17. The Bertz CT molecular complexity index is 475. The molecule has 6 heteroatoms. The Morgan fingerprint density at radius 2 is 2.29 bits per heavy atom. The van der Waals surface area contributed by atoms with E-state index >= 15 is 0 Å². The van der Waals surface area contributed by atoms with Crippen molar-refractivity contribution in [2.24, 2.45) is 0 Å². The van der Waals surface area contributed by atoms with Crippen LogP contribution >= 0.6 is 11.3 Å². The molecule has 0 aliphatic carbocycles. The van der Waals surface area contributed by atoms with Crippen LogP contribution in [0, 0.1) is 0 Å². The summed E-state index contributed by atoms with van der Waals surface area (Å²) < 4.78 is 4.84. The average molecular weight is 310 g/mol. The lowest BCUT2D eigenvalue weighted by atomic mass is 10.0. The van der Waals surface area contributed by atoms with Crippen molar-refractivity contribution < 1.29 is 14.3 Å². The zero-order valence-corrected chi connectivity index (χ0v) is 13.4. The molecular formula is C15H22N2O3S. The third-order valence-electron chi connectivity index (χ3n) is 3.85. The number of likely N-dealkylation sites (tertiary alicyclic amines) is 1. The summed E-state index contributed by atoms with van der Waals surface area (Å²) in [5.41, 5.74) is 1.14. The molecule has 2 heterocycles. The number of ether oxygens (including phenoxy) is 1. The zero-order chi connectivity index (χ0) is 15.2. The third-order valence-corrected chi connectivity index (χ3v) is 4.58. The second kappa shape index (κ2) is 7.56. The Balaban J connectivity index is 1.91. The fourth-order valence-corrected chi connectivity index (χ4v) is 3.28. The lowest BCUT2D eigenvalue weighted by molar-refractivity contribution is -0.149. The molecule has 5 nitrogen and oxygen atoms in total. The van der Waals surface area contributed by atoms with E-state index in [-0.39, 0.29) is 24.5 Å². The van der Waals surface area contributed by atoms with Gasteiger partial charge in [-0.25, -0.2) is 0 Å². The molecule has 1 saturated heterocycles. The highest BCUT2D eigenvalue weighted by Gasteiger charge is 2.31. The van der Waals surface area contributed by atoms with Gasteiger partial charge in [-0.3, -0.25) is 14.5 Å². The molecule has 116 valence electrons. The zero-order valence-electron chi connectivity index (χ0n) is 12.6. The molecule has 1 unspecified atom stereocenters. The molecule has 1 fully saturated rings. The number of carbonyl (C=O) groups excluding carboxylic acids is 2. The Hall–Kier alpha value is -1.40. The van der Waals surface area contributed by atoms with E-state index < -0.39 is 0 Å². The van der Waals surface area contributed by atoms with E-state index in [0.29, 0.717) is 6.54 Å². The van der Waals surface area contributed by atoms with Gasteiger partial charge in [0.25, 0.3) is 0 Å². The van der Waals surface area contributed by atoms with E-state index in [0.717, 1.165) is 31.4 Å². The minimum Gasteiger partial charge on any atom is -0.468 e. The van der Waals surface area contributed by atoms with Crippen LogP contribution in [0.4, 0.5) is 0 Å². The molecule has 0 N–H and O–H groups in total. The maximum Gasteiger partial charge on any atom is 0.323 e. The predicted molar refractivity (Wildman–Crippen MR) is 82.0 cm³/mol. The molecule has 2 rings (SSSR count). The number of methoxy groups -OCH3 is 1. The van der Waals surface area contributed by atoms with Gasteiger partial charge in [-0.15, -0.1) is 0 Å². The molecule has 0 radical (unpaired) electrons. The van der Waals surface area contributed by atoms with Crippen LogP contribution in [0.1, 0.15) is 24.8 Å². The van der Waals surface area contributed by atoms with Crippen molar-refractivity contribution in [1.82, 2.24) is 9.80 Å². The minimum atomic E-state index is -0.276. The molecule has 1 aliphatic heterocycles. The molecule has 0 saturated carbocycles. The van der Waals surface area contributed by atoms with Crippen LogP contribution in [0.15, 0.2) is 16.8 Å². The van der Waals surface area contributed by atoms with Crippen molar-refractivity contribution in [3.63, 3.8) is 0 Å². The summed E-state index contributed by atoms with van der Waals surface area (Å²) in [6, 6.07) is 1.74. The number of nitrogens with zero attached hydrogens (tertiary/aromatic N) is 2. The summed E-state index contributed by atoms with van der Waals surface area (Å²) in [7, 11) is 3.21. The molecular weight excluding hydrogens is 288 g/mol. The molecule has 0 aromatic carbocycles. The van der Waals surface area contributed by atoms with Crippen LogP contribution in [-0.4, -0.2) is 55.0 Å². The summed E-state index contributed by atoms with van der Waals surface area (Å²) in [5.74, 6) is -0.194. The number of esters is 1. The van der Waals surface area contributed by atoms with Gasteiger partial charge in [0.2, 0.25) is 5.91 Å². The van der Waals surface area contributed by atoms with E-state index in [2.05, 4.69) is 0 Å². The Morgan fingerprint density at radius 1 is 1.48 bits per heavy atom. The Morgan fingerprint density at radius 3 is 2.95 bits per heavy atom. The number of carbonyl (C=O) groups is 2. The van der Waals surface area contributed by atoms with Gasteiger partial charge in [-0.1, -0.05) is 6.42 Å². The number of amides is 1. The Kier molecular flexibility index (Phi) is 5.76. The van der Waals surface area contributed by atoms with Crippen LogP contribution < -0.4 is 0 Å². The first kappa shape index (κ1) is 16.0. The first-order chi connectivity index (χ1) is 10.1. The third kappa shape index (κ3) is 4.28. The highest BCUT2D eigenvalue weighted by atomic mass is 32.1. The summed E-state index contributed by atoms with van der Waals surface area (Å²) in [4.78, 5) is 27.8. The first-order valence-electron chi connectivity index (χ1n) is 7.18. The number of piperidine rings is 1. The first-order valence-corrected chi connectivity index (χ1v) is 8.13. The lowest BCUT2D eigenvalue weighted by Crippen LogP contribution is -2.49. The number of likely N-dealkylation sites (N-methyl/N-ethyl adjacent to an activating group) is 1. The van der Waals surface area contributed by atoms with E-state index in [1.807, 2.05) is 21.7 Å². The molecule has 1 aromatic rings. The highest BCUT2D eigenvalue weighted by molar-refractivity contribution is 7.07. The van der Waals surface area contributed by atoms with Crippen molar-refractivity contribution in [2.75, 3.05) is 27.2 Å². The van der Waals surface area contributed by atoms with E-state index in [1.54, 1.807) is 23.3 Å². The summed E-state index contributed by atoms with van der Waals surface area (Å²) in [6.07, 6.45) is 2.80. The largest absolute Gasteiger partial charge is 0.468 e. The number of rotatable bonds is 5. The van der Waals surface area contributed by atoms with E-state index in [4.69, 9.17) is 4.74 Å². The van der Waals surface area contributed by atoms with Gasteiger partial charge in [0.15, 0.2) is 0 Å². The van der Waals surface area contributed by atoms with Crippen LogP contribution in [0.3, 0.4) is 0 Å². The standard InChI is InChI=1S/C15H22N2O3S/c1-16(9-12-6-8-21-11-12)14(18)10-17-7-4-3-5-13(17)15(19)20-2/h6,8,11,13H,3-5,7,9-10H2,1-2H3. The van der Waals surface area contributed by atoms with Gasteiger partial charge in [0.1, 0.15) is 6.04 Å². The SMILES string of the molecule is COC(=O)C1CCCCN1CC(=O)N(C)Cc1ccsc1.